The fourth-order valence-electron chi connectivity index (χ4n) is 2.83. The van der Waals surface area contributed by atoms with Gasteiger partial charge in [-0.2, -0.15) is 0 Å². The Morgan fingerprint density at radius 1 is 1.39 bits per heavy atom. The number of rotatable bonds is 5. The lowest BCUT2D eigenvalue weighted by Gasteiger charge is -2.40. The molecule has 1 saturated heterocycles. The summed E-state index contributed by atoms with van der Waals surface area (Å²) in [5, 5.41) is 10.3. The van der Waals surface area contributed by atoms with Gasteiger partial charge in [0.2, 0.25) is 0 Å². The molecule has 1 N–H and O–H groups in total. The lowest BCUT2D eigenvalue weighted by atomic mass is 9.99. The topological polar surface area (TPSA) is 48.8 Å². The van der Waals surface area contributed by atoms with Gasteiger partial charge in [0.15, 0.2) is 0 Å². The van der Waals surface area contributed by atoms with Gasteiger partial charge in [-0.25, -0.2) is 0 Å². The van der Waals surface area contributed by atoms with Crippen molar-refractivity contribution in [1.29, 1.82) is 0 Å². The van der Waals surface area contributed by atoms with Crippen LogP contribution in [-0.2, 0) is 11.3 Å². The predicted octanol–water partition coefficient (Wildman–Crippen LogP) is 2.24. The second-order valence-corrected chi connectivity index (χ2v) is 7.55. The van der Waals surface area contributed by atoms with Gasteiger partial charge in [-0.1, -0.05) is 13.8 Å². The molecule has 0 unspecified atom stereocenters. The predicted molar refractivity (Wildman–Crippen MR) is 94.0 cm³/mol. The van der Waals surface area contributed by atoms with Crippen molar-refractivity contribution in [2.75, 3.05) is 38.7 Å². The number of pyridine rings is 1. The van der Waals surface area contributed by atoms with E-state index in [9.17, 15) is 5.11 Å². The molecule has 2 heterocycles. The van der Waals surface area contributed by atoms with Crippen LogP contribution in [0.15, 0.2) is 12.1 Å². The Hall–Kier alpha value is -1.17. The normalized spacial score (nSPS) is 19.7. The summed E-state index contributed by atoms with van der Waals surface area (Å²) < 4.78 is 5.75. The van der Waals surface area contributed by atoms with Crippen LogP contribution in [0.25, 0.3) is 0 Å². The number of morpholine rings is 1. The molecule has 0 spiro atoms. The quantitative estimate of drug-likeness (QED) is 0.901. The zero-order chi connectivity index (χ0) is 17.2. The summed E-state index contributed by atoms with van der Waals surface area (Å²) in [4.78, 5) is 9.32. The molecule has 5 nitrogen and oxygen atoms in total. The molecule has 23 heavy (non-hydrogen) atoms. The average molecular weight is 321 g/mol. The number of ether oxygens (including phenoxy) is 1. The standard InChI is InChI=1S/C18H31N3O2/c1-13(2)14-7-8-16(15(19-14)11-20(5)6)21-9-10-23-17(12-21)18(3,4)22/h7-8,13,17,22H,9-12H2,1-6H3/t17-/m0/s1. The third kappa shape index (κ3) is 4.66. The number of aromatic nitrogens is 1. The fourth-order valence-corrected chi connectivity index (χ4v) is 2.83. The van der Waals surface area contributed by atoms with Gasteiger partial charge in [-0.3, -0.25) is 4.98 Å². The van der Waals surface area contributed by atoms with Crippen molar-refractivity contribution < 1.29 is 9.84 Å². The Labute approximate surface area is 140 Å². The number of anilines is 1. The molecule has 1 aromatic rings. The molecular weight excluding hydrogens is 290 g/mol. The molecule has 1 fully saturated rings. The molecule has 1 aliphatic heterocycles. The van der Waals surface area contributed by atoms with E-state index in [1.54, 1.807) is 0 Å². The molecule has 0 aromatic carbocycles. The van der Waals surface area contributed by atoms with E-state index in [1.807, 2.05) is 13.8 Å². The monoisotopic (exact) mass is 321 g/mol. The van der Waals surface area contributed by atoms with Crippen LogP contribution in [0.5, 0.6) is 0 Å². The Balaban J connectivity index is 2.30. The lowest BCUT2D eigenvalue weighted by molar-refractivity contribution is -0.0928. The maximum absolute atomic E-state index is 10.3. The Kier molecular flexibility index (Phi) is 5.65. The summed E-state index contributed by atoms with van der Waals surface area (Å²) in [7, 11) is 4.12. The zero-order valence-corrected chi connectivity index (χ0v) is 15.3. The molecule has 5 heteroatoms. The van der Waals surface area contributed by atoms with Gasteiger partial charge in [-0.05, 0) is 46.0 Å². The molecule has 0 bridgehead atoms. The summed E-state index contributed by atoms with van der Waals surface area (Å²) in [6, 6.07) is 4.29. The lowest BCUT2D eigenvalue weighted by Crippen LogP contribution is -2.52. The van der Waals surface area contributed by atoms with Gasteiger partial charge in [0.25, 0.3) is 0 Å². The third-order valence-corrected chi connectivity index (χ3v) is 4.22. The molecule has 1 aromatic heterocycles. The van der Waals surface area contributed by atoms with E-state index < -0.39 is 5.60 Å². The molecule has 0 aliphatic carbocycles. The number of nitrogens with zero attached hydrogens (tertiary/aromatic N) is 3. The number of hydrogen-bond donors (Lipinski definition) is 1. The summed E-state index contributed by atoms with van der Waals surface area (Å²) in [5.74, 6) is 0.416. The van der Waals surface area contributed by atoms with E-state index >= 15 is 0 Å². The smallest absolute Gasteiger partial charge is 0.103 e. The van der Waals surface area contributed by atoms with Gasteiger partial charge in [-0.15, -0.1) is 0 Å². The van der Waals surface area contributed by atoms with E-state index in [1.165, 1.54) is 0 Å². The highest BCUT2D eigenvalue weighted by Crippen LogP contribution is 2.27. The molecule has 1 aliphatic rings. The second kappa shape index (κ2) is 7.16. The van der Waals surface area contributed by atoms with Crippen LogP contribution >= 0.6 is 0 Å². The van der Waals surface area contributed by atoms with Crippen LogP contribution < -0.4 is 4.90 Å². The molecular formula is C18H31N3O2. The number of hydrogen-bond acceptors (Lipinski definition) is 5. The maximum Gasteiger partial charge on any atom is 0.103 e. The number of aliphatic hydroxyl groups is 1. The van der Waals surface area contributed by atoms with Crippen molar-refractivity contribution in [2.45, 2.75) is 51.9 Å². The third-order valence-electron chi connectivity index (χ3n) is 4.22. The van der Waals surface area contributed by atoms with Crippen LogP contribution in [0.1, 0.15) is 45.0 Å². The van der Waals surface area contributed by atoms with Crippen LogP contribution in [0.2, 0.25) is 0 Å². The van der Waals surface area contributed by atoms with Crippen LogP contribution in [0.3, 0.4) is 0 Å². The van der Waals surface area contributed by atoms with Crippen molar-refractivity contribution in [3.63, 3.8) is 0 Å². The summed E-state index contributed by atoms with van der Waals surface area (Å²) in [6.45, 7) is 10.9. The van der Waals surface area contributed by atoms with Crippen LogP contribution in [0.4, 0.5) is 5.69 Å². The molecule has 2 rings (SSSR count). The van der Waals surface area contributed by atoms with Crippen molar-refractivity contribution in [1.82, 2.24) is 9.88 Å². The van der Waals surface area contributed by atoms with Crippen molar-refractivity contribution >= 4 is 5.69 Å². The van der Waals surface area contributed by atoms with Crippen molar-refractivity contribution in [3.05, 3.63) is 23.5 Å². The highest BCUT2D eigenvalue weighted by atomic mass is 16.5. The van der Waals surface area contributed by atoms with E-state index in [-0.39, 0.29) is 6.10 Å². The highest BCUT2D eigenvalue weighted by Gasteiger charge is 2.33. The average Bonchev–Trinajstić information content (AvgIpc) is 2.45. The summed E-state index contributed by atoms with van der Waals surface area (Å²) in [6.07, 6.45) is -0.187. The van der Waals surface area contributed by atoms with Gasteiger partial charge in [0.1, 0.15) is 6.10 Å². The molecule has 1 atom stereocenters. The summed E-state index contributed by atoms with van der Waals surface area (Å²) >= 11 is 0. The fraction of sp³-hybridized carbons (Fsp3) is 0.722. The Morgan fingerprint density at radius 3 is 2.65 bits per heavy atom. The van der Waals surface area contributed by atoms with Gasteiger partial charge in [0.05, 0.1) is 23.6 Å². The first kappa shape index (κ1) is 18.2. The van der Waals surface area contributed by atoms with E-state index in [0.29, 0.717) is 19.1 Å². The van der Waals surface area contributed by atoms with Crippen LogP contribution in [0, 0.1) is 0 Å². The molecule has 130 valence electrons. The maximum atomic E-state index is 10.3. The minimum absolute atomic E-state index is 0.187. The highest BCUT2D eigenvalue weighted by molar-refractivity contribution is 5.52. The van der Waals surface area contributed by atoms with Crippen LogP contribution in [-0.4, -0.2) is 60.5 Å². The minimum Gasteiger partial charge on any atom is -0.388 e. The molecule has 0 saturated carbocycles. The zero-order valence-electron chi connectivity index (χ0n) is 15.3. The van der Waals surface area contributed by atoms with Crippen molar-refractivity contribution in [3.8, 4) is 0 Å². The van der Waals surface area contributed by atoms with Crippen molar-refractivity contribution in [2.24, 2.45) is 0 Å². The van der Waals surface area contributed by atoms with E-state index in [4.69, 9.17) is 9.72 Å². The largest absolute Gasteiger partial charge is 0.388 e. The first-order valence-electron chi connectivity index (χ1n) is 8.42. The minimum atomic E-state index is -0.842. The SMILES string of the molecule is CC(C)c1ccc(N2CCO[C@H](C(C)(C)O)C2)c(CN(C)C)n1. The Bertz CT molecular complexity index is 523. The molecule has 0 radical (unpaired) electrons. The van der Waals surface area contributed by atoms with Gasteiger partial charge < -0.3 is 19.6 Å². The first-order chi connectivity index (χ1) is 10.7. The molecule has 0 amide bonds. The van der Waals surface area contributed by atoms with Gasteiger partial charge >= 0.3 is 0 Å². The second-order valence-electron chi connectivity index (χ2n) is 7.55. The first-order valence-corrected chi connectivity index (χ1v) is 8.42. The van der Waals surface area contributed by atoms with E-state index in [0.717, 1.165) is 30.2 Å². The Morgan fingerprint density at radius 2 is 2.09 bits per heavy atom. The summed E-state index contributed by atoms with van der Waals surface area (Å²) in [5.41, 5.74) is 2.53. The van der Waals surface area contributed by atoms with Gasteiger partial charge in [0, 0.05) is 25.3 Å². The van der Waals surface area contributed by atoms with E-state index in [2.05, 4.69) is 49.9 Å².